The molecule has 2 aromatic rings. The molecule has 1 N–H and O–H groups in total. The van der Waals surface area contributed by atoms with Crippen molar-refractivity contribution >= 4 is 22.6 Å². The summed E-state index contributed by atoms with van der Waals surface area (Å²) in [5, 5.41) is 2.96. The number of para-hydroxylation sites is 1. The minimum Gasteiger partial charge on any atom is -0.376 e. The maximum absolute atomic E-state index is 13.0. The van der Waals surface area contributed by atoms with Gasteiger partial charge in [-0.25, -0.2) is 0 Å². The lowest BCUT2D eigenvalue weighted by molar-refractivity contribution is -0.122. The van der Waals surface area contributed by atoms with Crippen LogP contribution in [0.4, 0.5) is 13.2 Å². The second kappa shape index (κ2) is 7.72. The first-order chi connectivity index (χ1) is 12.8. The molecule has 8 heteroatoms. The van der Waals surface area contributed by atoms with Gasteiger partial charge in [-0.15, -0.1) is 0 Å². The SMILES string of the molecule is CCc1cccc2c(C(=O)C(F)(F)F)cn(CC(=O)NC[C@@H]3CCCO3)c12. The van der Waals surface area contributed by atoms with Crippen molar-refractivity contribution in [2.45, 2.75) is 45.0 Å². The van der Waals surface area contributed by atoms with Crippen LogP contribution in [-0.4, -0.2) is 41.7 Å². The molecule has 0 radical (unpaired) electrons. The van der Waals surface area contributed by atoms with Gasteiger partial charge in [0.15, 0.2) is 0 Å². The third-order valence-corrected chi connectivity index (χ3v) is 4.73. The standard InChI is InChI=1S/C19H21F3N2O3/c1-2-12-5-3-7-14-15(18(26)19(20,21)22)10-24(17(12)14)11-16(25)23-9-13-6-4-8-27-13/h3,5,7,10,13H,2,4,6,8-9,11H2,1H3,(H,23,25)/t13-/m0/s1. The minimum atomic E-state index is -4.97. The van der Waals surface area contributed by atoms with Crippen molar-refractivity contribution in [3.63, 3.8) is 0 Å². The number of alkyl halides is 3. The molecule has 146 valence electrons. The molecule has 0 unspecified atom stereocenters. The van der Waals surface area contributed by atoms with Crippen molar-refractivity contribution in [1.29, 1.82) is 0 Å². The molecule has 0 aliphatic carbocycles. The second-order valence-corrected chi connectivity index (χ2v) is 6.60. The number of carbonyl (C=O) groups excluding carboxylic acids is 2. The van der Waals surface area contributed by atoms with Crippen LogP contribution < -0.4 is 5.32 Å². The van der Waals surface area contributed by atoms with Crippen LogP contribution in [-0.2, 0) is 22.5 Å². The summed E-state index contributed by atoms with van der Waals surface area (Å²) < 4.78 is 45.7. The van der Waals surface area contributed by atoms with Crippen LogP contribution in [0.25, 0.3) is 10.9 Å². The van der Waals surface area contributed by atoms with Gasteiger partial charge in [0.2, 0.25) is 5.91 Å². The van der Waals surface area contributed by atoms with Crippen LogP contribution in [0.1, 0.15) is 35.7 Å². The number of ether oxygens (including phenoxy) is 1. The zero-order valence-corrected chi connectivity index (χ0v) is 14.9. The van der Waals surface area contributed by atoms with E-state index in [0.29, 0.717) is 25.1 Å². The fraction of sp³-hybridized carbons (Fsp3) is 0.474. The number of nitrogens with one attached hydrogen (secondary N) is 1. The molecule has 27 heavy (non-hydrogen) atoms. The Hall–Kier alpha value is -2.35. The number of Topliss-reactive ketones (excluding diaryl/α,β-unsaturated/α-hetero) is 1. The number of carbonyl (C=O) groups is 2. The predicted octanol–water partition coefficient (Wildman–Crippen LogP) is 3.24. The van der Waals surface area contributed by atoms with E-state index in [9.17, 15) is 22.8 Å². The van der Waals surface area contributed by atoms with Gasteiger partial charge in [0.05, 0.1) is 17.2 Å². The highest BCUT2D eigenvalue weighted by Crippen LogP contribution is 2.30. The fourth-order valence-corrected chi connectivity index (χ4v) is 3.43. The van der Waals surface area contributed by atoms with Crippen molar-refractivity contribution in [1.82, 2.24) is 9.88 Å². The third-order valence-electron chi connectivity index (χ3n) is 4.73. The molecule has 3 rings (SSSR count). The molecule has 1 amide bonds. The van der Waals surface area contributed by atoms with Gasteiger partial charge >= 0.3 is 6.18 Å². The van der Waals surface area contributed by atoms with Gasteiger partial charge in [-0.2, -0.15) is 13.2 Å². The Morgan fingerprint density at radius 1 is 1.33 bits per heavy atom. The van der Waals surface area contributed by atoms with Crippen LogP contribution in [0, 0.1) is 0 Å². The molecule has 2 heterocycles. The monoisotopic (exact) mass is 382 g/mol. The number of hydrogen-bond donors (Lipinski definition) is 1. The fourth-order valence-electron chi connectivity index (χ4n) is 3.43. The summed E-state index contributed by atoms with van der Waals surface area (Å²) in [6.07, 6.45) is -1.47. The summed E-state index contributed by atoms with van der Waals surface area (Å²) in [5.74, 6) is -2.24. The molecular weight excluding hydrogens is 361 g/mol. The van der Waals surface area contributed by atoms with E-state index < -0.39 is 17.5 Å². The molecule has 1 fully saturated rings. The lowest BCUT2D eigenvalue weighted by Gasteiger charge is -2.12. The van der Waals surface area contributed by atoms with Gasteiger partial charge in [0.25, 0.3) is 5.78 Å². The highest BCUT2D eigenvalue weighted by Gasteiger charge is 2.41. The highest BCUT2D eigenvalue weighted by molar-refractivity contribution is 6.11. The van der Waals surface area contributed by atoms with E-state index >= 15 is 0 Å². The average molecular weight is 382 g/mol. The van der Waals surface area contributed by atoms with Crippen molar-refractivity contribution in [2.75, 3.05) is 13.2 Å². The zero-order valence-electron chi connectivity index (χ0n) is 14.9. The van der Waals surface area contributed by atoms with E-state index in [2.05, 4.69) is 5.32 Å². The third kappa shape index (κ3) is 4.16. The van der Waals surface area contributed by atoms with Gasteiger partial charge in [-0.05, 0) is 24.8 Å². The number of benzene rings is 1. The number of aryl methyl sites for hydroxylation is 1. The van der Waals surface area contributed by atoms with E-state index in [1.165, 1.54) is 10.6 Å². The number of halogens is 3. The number of ketones is 1. The number of amides is 1. The summed E-state index contributed by atoms with van der Waals surface area (Å²) >= 11 is 0. The number of hydrogen-bond acceptors (Lipinski definition) is 3. The normalized spacial score (nSPS) is 17.4. The van der Waals surface area contributed by atoms with Crippen LogP contribution in [0.5, 0.6) is 0 Å². The van der Waals surface area contributed by atoms with E-state index in [1.54, 1.807) is 12.1 Å². The topological polar surface area (TPSA) is 60.3 Å². The van der Waals surface area contributed by atoms with Gasteiger partial charge < -0.3 is 14.6 Å². The zero-order chi connectivity index (χ0) is 19.6. The molecule has 1 aliphatic rings. The van der Waals surface area contributed by atoms with E-state index in [4.69, 9.17) is 4.74 Å². The maximum atomic E-state index is 13.0. The van der Waals surface area contributed by atoms with Crippen molar-refractivity contribution < 1.29 is 27.5 Å². The Morgan fingerprint density at radius 2 is 2.11 bits per heavy atom. The molecule has 0 spiro atoms. The van der Waals surface area contributed by atoms with Gasteiger partial charge in [-0.3, -0.25) is 9.59 Å². The summed E-state index contributed by atoms with van der Waals surface area (Å²) in [4.78, 5) is 24.1. The molecule has 1 aromatic heterocycles. The van der Waals surface area contributed by atoms with Crippen LogP contribution in [0.2, 0.25) is 0 Å². The minimum absolute atomic E-state index is 0.0241. The van der Waals surface area contributed by atoms with Crippen molar-refractivity contribution in [3.05, 3.63) is 35.5 Å². The van der Waals surface area contributed by atoms with Gasteiger partial charge in [0, 0.05) is 24.7 Å². The molecule has 1 saturated heterocycles. The highest BCUT2D eigenvalue weighted by atomic mass is 19.4. The summed E-state index contributed by atoms with van der Waals surface area (Å²) in [5.41, 5.74) is 0.834. The summed E-state index contributed by atoms with van der Waals surface area (Å²) in [6.45, 7) is 2.75. The van der Waals surface area contributed by atoms with Crippen molar-refractivity contribution in [3.8, 4) is 0 Å². The van der Waals surface area contributed by atoms with E-state index in [-0.39, 0.29) is 23.9 Å². The molecule has 0 bridgehead atoms. The first kappa shape index (κ1) is 19.4. The van der Waals surface area contributed by atoms with Crippen molar-refractivity contribution in [2.24, 2.45) is 0 Å². The summed E-state index contributed by atoms with van der Waals surface area (Å²) in [7, 11) is 0. The maximum Gasteiger partial charge on any atom is 0.454 e. The Morgan fingerprint density at radius 3 is 2.74 bits per heavy atom. The lowest BCUT2D eigenvalue weighted by atomic mass is 10.0. The molecule has 0 saturated carbocycles. The van der Waals surface area contributed by atoms with Gasteiger partial charge in [-0.1, -0.05) is 25.1 Å². The molecule has 1 atom stereocenters. The van der Waals surface area contributed by atoms with E-state index in [0.717, 1.165) is 24.6 Å². The van der Waals surface area contributed by atoms with Gasteiger partial charge in [0.1, 0.15) is 6.54 Å². The lowest BCUT2D eigenvalue weighted by Crippen LogP contribution is -2.34. The molecule has 1 aromatic carbocycles. The first-order valence-electron chi connectivity index (χ1n) is 8.91. The molecular formula is C19H21F3N2O3. The smallest absolute Gasteiger partial charge is 0.376 e. The first-order valence-corrected chi connectivity index (χ1v) is 8.91. The van der Waals surface area contributed by atoms with Crippen LogP contribution in [0.15, 0.2) is 24.4 Å². The van der Waals surface area contributed by atoms with Crippen LogP contribution >= 0.6 is 0 Å². The Labute approximate surface area is 154 Å². The quantitative estimate of drug-likeness (QED) is 0.781. The Bertz CT molecular complexity index is 852. The molecule has 1 aliphatic heterocycles. The number of fused-ring (bicyclic) bond motifs is 1. The number of nitrogens with zero attached hydrogens (tertiary/aromatic N) is 1. The predicted molar refractivity (Wildman–Crippen MR) is 93.7 cm³/mol. The van der Waals surface area contributed by atoms with E-state index in [1.807, 2.05) is 6.92 Å². The largest absolute Gasteiger partial charge is 0.454 e. The number of rotatable bonds is 6. The average Bonchev–Trinajstić information content (AvgIpc) is 3.26. The molecule has 5 nitrogen and oxygen atoms in total. The second-order valence-electron chi connectivity index (χ2n) is 6.60. The summed E-state index contributed by atoms with van der Waals surface area (Å²) in [6, 6.07) is 4.88. The Kier molecular flexibility index (Phi) is 5.55. The van der Waals surface area contributed by atoms with Crippen LogP contribution in [0.3, 0.4) is 0 Å². The number of aromatic nitrogens is 1. The Balaban J connectivity index is 1.89.